The third kappa shape index (κ3) is 5.55. The first kappa shape index (κ1) is 20.4. The first-order chi connectivity index (χ1) is 12.8. The van der Waals surface area contributed by atoms with Crippen LogP contribution in [0.2, 0.25) is 0 Å². The number of hydrogen-bond donors (Lipinski definition) is 1. The monoisotopic (exact) mass is 377 g/mol. The lowest BCUT2D eigenvalue weighted by Crippen LogP contribution is -2.25. The highest BCUT2D eigenvalue weighted by Crippen LogP contribution is 2.35. The number of allylic oxidation sites excluding steroid dienone is 1. The number of carboxylic acid groups (broad SMARTS) is 1. The van der Waals surface area contributed by atoms with Crippen LogP contribution in [0.5, 0.6) is 5.75 Å². The Morgan fingerprint density at radius 2 is 2.00 bits per heavy atom. The summed E-state index contributed by atoms with van der Waals surface area (Å²) in [6, 6.07) is 2.91. The number of benzene rings is 1. The number of carbonyl (C=O) groups is 3. The summed E-state index contributed by atoms with van der Waals surface area (Å²) in [6.07, 6.45) is 1.01. The number of ether oxygens (including phenoxy) is 3. The molecule has 1 aromatic rings. The van der Waals surface area contributed by atoms with Gasteiger partial charge < -0.3 is 24.2 Å². The van der Waals surface area contributed by atoms with Crippen LogP contribution >= 0.6 is 0 Å². The third-order valence-electron chi connectivity index (χ3n) is 3.97. The van der Waals surface area contributed by atoms with Gasteiger partial charge in [-0.15, -0.1) is 0 Å². The third-order valence-corrected chi connectivity index (χ3v) is 3.97. The summed E-state index contributed by atoms with van der Waals surface area (Å²) in [5.41, 5.74) is 1.22. The molecule has 0 saturated heterocycles. The van der Waals surface area contributed by atoms with Crippen molar-refractivity contribution in [2.75, 3.05) is 24.8 Å². The molecule has 1 N–H and O–H groups in total. The minimum atomic E-state index is -1.19. The average Bonchev–Trinajstić information content (AvgIpc) is 2.99. The highest BCUT2D eigenvalue weighted by Gasteiger charge is 2.27. The minimum Gasteiger partial charge on any atom is -0.478 e. The summed E-state index contributed by atoms with van der Waals surface area (Å²) < 4.78 is 15.5. The fourth-order valence-corrected chi connectivity index (χ4v) is 2.69. The van der Waals surface area contributed by atoms with Crippen LogP contribution in [0.3, 0.4) is 0 Å². The van der Waals surface area contributed by atoms with Gasteiger partial charge in [0.25, 0.3) is 0 Å². The van der Waals surface area contributed by atoms with E-state index in [9.17, 15) is 19.5 Å². The molecule has 8 heteroatoms. The molecule has 1 aliphatic heterocycles. The highest BCUT2D eigenvalue weighted by atomic mass is 16.7. The Kier molecular flexibility index (Phi) is 6.95. The van der Waals surface area contributed by atoms with Crippen LogP contribution in [-0.4, -0.2) is 42.9 Å². The van der Waals surface area contributed by atoms with Gasteiger partial charge in [0, 0.05) is 26.0 Å². The van der Waals surface area contributed by atoms with Gasteiger partial charge in [0.1, 0.15) is 11.3 Å². The number of nitrogens with zero attached hydrogens (tertiary/aromatic N) is 1. The van der Waals surface area contributed by atoms with Crippen molar-refractivity contribution >= 4 is 23.5 Å². The lowest BCUT2D eigenvalue weighted by atomic mass is 10.1. The maximum absolute atomic E-state index is 12.0. The molecule has 0 aromatic heterocycles. The number of esters is 1. The quantitative estimate of drug-likeness (QED) is 0.232. The van der Waals surface area contributed by atoms with E-state index in [1.165, 1.54) is 24.0 Å². The molecule has 0 fully saturated rings. The van der Waals surface area contributed by atoms with E-state index < -0.39 is 11.9 Å². The van der Waals surface area contributed by atoms with E-state index in [1.54, 1.807) is 6.92 Å². The number of aromatic carboxylic acids is 1. The maximum atomic E-state index is 12.0. The van der Waals surface area contributed by atoms with Crippen molar-refractivity contribution in [3.63, 3.8) is 0 Å². The zero-order chi connectivity index (χ0) is 20.0. The number of anilines is 1. The molecule has 27 heavy (non-hydrogen) atoms. The molecule has 0 saturated carbocycles. The van der Waals surface area contributed by atoms with Crippen molar-refractivity contribution < 1.29 is 33.7 Å². The second-order valence-corrected chi connectivity index (χ2v) is 6.15. The number of carboxylic acids is 1. The lowest BCUT2D eigenvalue weighted by molar-refractivity contribution is -0.135. The first-order valence-electron chi connectivity index (χ1n) is 8.54. The summed E-state index contributed by atoms with van der Waals surface area (Å²) in [6.45, 7) is 7.52. The van der Waals surface area contributed by atoms with Gasteiger partial charge in [-0.25, -0.2) is 4.79 Å². The summed E-state index contributed by atoms with van der Waals surface area (Å²) in [7, 11) is 0. The minimum absolute atomic E-state index is 0.0548. The van der Waals surface area contributed by atoms with E-state index in [2.05, 4.69) is 6.58 Å². The van der Waals surface area contributed by atoms with E-state index in [1.807, 2.05) is 0 Å². The van der Waals surface area contributed by atoms with Crippen LogP contribution in [0.25, 0.3) is 0 Å². The Bertz CT molecular complexity index is 757. The standard InChI is InChI=1S/C19H23NO7/c1-12(2)26-11-25-8-4-5-18(22)27-17-10-16-14(9-15(17)19(23)24)6-7-20(16)13(3)21/h9-10H,1,4-8,11H2,2-3H3,(H,23,24). The predicted molar refractivity (Wildman–Crippen MR) is 96.7 cm³/mol. The fraction of sp³-hybridized carbons (Fsp3) is 0.421. The molecule has 8 nitrogen and oxygen atoms in total. The van der Waals surface area contributed by atoms with Crippen molar-refractivity contribution in [1.29, 1.82) is 0 Å². The molecule has 0 atom stereocenters. The molecule has 1 aliphatic rings. The molecule has 1 amide bonds. The lowest BCUT2D eigenvalue weighted by Gasteiger charge is -2.16. The Labute approximate surface area is 157 Å². The zero-order valence-corrected chi connectivity index (χ0v) is 15.4. The van der Waals surface area contributed by atoms with Gasteiger partial charge in [-0.05, 0) is 31.4 Å². The van der Waals surface area contributed by atoms with E-state index in [-0.39, 0.29) is 37.0 Å². The largest absolute Gasteiger partial charge is 0.478 e. The topological polar surface area (TPSA) is 102 Å². The normalized spacial score (nSPS) is 12.4. The van der Waals surface area contributed by atoms with Gasteiger partial charge in [-0.3, -0.25) is 9.59 Å². The van der Waals surface area contributed by atoms with E-state index in [0.29, 0.717) is 30.8 Å². The Morgan fingerprint density at radius 3 is 2.63 bits per heavy atom. The van der Waals surface area contributed by atoms with Crippen molar-refractivity contribution in [2.45, 2.75) is 33.1 Å². The summed E-state index contributed by atoms with van der Waals surface area (Å²) in [4.78, 5) is 36.8. The second-order valence-electron chi connectivity index (χ2n) is 6.15. The zero-order valence-electron chi connectivity index (χ0n) is 15.4. The molecule has 2 rings (SSSR count). The van der Waals surface area contributed by atoms with Crippen LogP contribution in [0, 0.1) is 0 Å². The van der Waals surface area contributed by atoms with Gasteiger partial charge in [-0.1, -0.05) is 6.58 Å². The predicted octanol–water partition coefficient (Wildman–Crippen LogP) is 2.50. The molecule has 146 valence electrons. The van der Waals surface area contributed by atoms with Crippen molar-refractivity contribution in [2.24, 2.45) is 0 Å². The number of amides is 1. The Morgan fingerprint density at radius 1 is 1.26 bits per heavy atom. The number of rotatable bonds is 9. The van der Waals surface area contributed by atoms with Crippen LogP contribution in [0.1, 0.15) is 42.6 Å². The van der Waals surface area contributed by atoms with Crippen LogP contribution in [-0.2, 0) is 25.5 Å². The number of carbonyl (C=O) groups excluding carboxylic acids is 2. The first-order valence-corrected chi connectivity index (χ1v) is 8.54. The maximum Gasteiger partial charge on any atom is 0.339 e. The summed E-state index contributed by atoms with van der Waals surface area (Å²) >= 11 is 0. The van der Waals surface area contributed by atoms with Crippen molar-refractivity contribution in [3.05, 3.63) is 35.6 Å². The molecule has 1 aromatic carbocycles. The van der Waals surface area contributed by atoms with Crippen LogP contribution in [0.4, 0.5) is 5.69 Å². The molecule has 0 radical (unpaired) electrons. The molecule has 1 heterocycles. The summed E-state index contributed by atoms with van der Waals surface area (Å²) in [5.74, 6) is -1.45. The second kappa shape index (κ2) is 9.18. The molecular formula is C19H23NO7. The number of fused-ring (bicyclic) bond motifs is 1. The van der Waals surface area contributed by atoms with Gasteiger partial charge >= 0.3 is 11.9 Å². The molecular weight excluding hydrogens is 354 g/mol. The van der Waals surface area contributed by atoms with E-state index in [4.69, 9.17) is 14.2 Å². The van der Waals surface area contributed by atoms with Crippen molar-refractivity contribution in [1.82, 2.24) is 0 Å². The molecule has 0 aliphatic carbocycles. The molecule has 0 unspecified atom stereocenters. The van der Waals surface area contributed by atoms with Gasteiger partial charge in [-0.2, -0.15) is 0 Å². The van der Waals surface area contributed by atoms with E-state index >= 15 is 0 Å². The van der Waals surface area contributed by atoms with Crippen LogP contribution in [0.15, 0.2) is 24.5 Å². The fourth-order valence-electron chi connectivity index (χ4n) is 2.69. The van der Waals surface area contributed by atoms with Crippen LogP contribution < -0.4 is 9.64 Å². The smallest absolute Gasteiger partial charge is 0.339 e. The number of hydrogen-bond acceptors (Lipinski definition) is 6. The van der Waals surface area contributed by atoms with Crippen molar-refractivity contribution in [3.8, 4) is 5.75 Å². The van der Waals surface area contributed by atoms with Gasteiger partial charge in [0.15, 0.2) is 6.79 Å². The molecule has 0 spiro atoms. The highest BCUT2D eigenvalue weighted by molar-refractivity contribution is 5.98. The average molecular weight is 377 g/mol. The SMILES string of the molecule is C=C(C)OCOCCCC(=O)Oc1cc2c(cc1C(=O)O)CCN2C(C)=O. The van der Waals surface area contributed by atoms with Gasteiger partial charge in [0.2, 0.25) is 5.91 Å². The Balaban J connectivity index is 1.99. The summed E-state index contributed by atoms with van der Waals surface area (Å²) in [5, 5.41) is 9.39. The Hall–Kier alpha value is -2.87. The van der Waals surface area contributed by atoms with E-state index in [0.717, 1.165) is 5.56 Å². The van der Waals surface area contributed by atoms with Gasteiger partial charge in [0.05, 0.1) is 18.1 Å². The molecule has 0 bridgehead atoms.